The Morgan fingerprint density at radius 3 is 0.227 bits per heavy atom. The molecule has 0 spiro atoms. The molecule has 0 saturated carbocycles. The van der Waals surface area contributed by atoms with Crippen LogP contribution in [-0.4, -0.2) is 0 Å². The standard InChI is InChI=1S/10CO.Mn.Tc/c10*1-2;;. The average molecular weight is 433 g/mol. The van der Waals surface area contributed by atoms with E-state index in [0.717, 1.165) is 0 Å². The summed E-state index contributed by atoms with van der Waals surface area (Å²) in [5, 5.41) is 0. The molecule has 22 heavy (non-hydrogen) atoms. The Balaban J connectivity index is -0.00000000500. The van der Waals surface area contributed by atoms with E-state index in [1.165, 1.54) is 0 Å². The monoisotopic (exact) mass is 432 g/mol. The van der Waals surface area contributed by atoms with Gasteiger partial charge >= 0.3 is 113 Å². The van der Waals surface area contributed by atoms with Crippen LogP contribution >= 0.6 is 0 Å². The number of hydrogen-bond acceptors (Lipinski definition) is 0. The van der Waals surface area contributed by atoms with Gasteiger partial charge in [0.2, 0.25) is 0 Å². The van der Waals surface area contributed by atoms with Crippen LogP contribution in [0.15, 0.2) is 0 Å². The molecule has 0 aromatic carbocycles. The van der Waals surface area contributed by atoms with E-state index in [-0.39, 0.29) is 37.2 Å². The first-order chi connectivity index (χ1) is 10.0. The van der Waals surface area contributed by atoms with Crippen molar-refractivity contribution in [2.75, 3.05) is 0 Å². The molecule has 0 amide bonds. The van der Waals surface area contributed by atoms with E-state index in [1.807, 2.05) is 0 Å². The molecule has 0 aliphatic carbocycles. The van der Waals surface area contributed by atoms with Crippen molar-refractivity contribution >= 4 is 0 Å². The van der Waals surface area contributed by atoms with Gasteiger partial charge in [0, 0.05) is 37.2 Å². The van der Waals surface area contributed by atoms with E-state index in [2.05, 4.69) is 66.5 Å². The van der Waals surface area contributed by atoms with Crippen LogP contribution < -0.4 is 0 Å². The van der Waals surface area contributed by atoms with Crippen molar-refractivity contribution in [1.29, 1.82) is 0 Å². The third-order valence-electron chi connectivity index (χ3n) is 0. The normalized spacial score (nSPS) is 0.909. The molecule has 114 valence electrons. The van der Waals surface area contributed by atoms with Gasteiger partial charge in [-0.1, -0.05) is 0 Å². The van der Waals surface area contributed by atoms with Crippen molar-refractivity contribution in [3.05, 3.63) is 66.5 Å². The van der Waals surface area contributed by atoms with Gasteiger partial charge in [-0.2, -0.15) is 0 Å². The summed E-state index contributed by atoms with van der Waals surface area (Å²) in [5.41, 5.74) is 0. The molecule has 0 aliphatic rings. The second-order valence-electron chi connectivity index (χ2n) is 0. The minimum Gasteiger partial charge on any atom is 0 e. The molecule has 0 rings (SSSR count). The molecule has 0 N–H and O–H groups in total. The van der Waals surface area contributed by atoms with Crippen LogP contribution in [0.25, 0.3) is 0 Å². The summed E-state index contributed by atoms with van der Waals surface area (Å²) in [5.74, 6) is 0. The maximum Gasteiger partial charge on any atom is 0 e. The van der Waals surface area contributed by atoms with Crippen LogP contribution in [0.2, 0.25) is 0 Å². The van der Waals surface area contributed by atoms with Gasteiger partial charge < -0.3 is 0 Å². The SMILES string of the molecule is [C-]#[O+].[C-]#[O+].[C-]#[O+].[C-]#[O+].[C-]#[O+].[C-]#[O+].[C-]#[O+].[C-]#[O+].[C-]#[O+].[C-]#[O+].[Mn].[Tc]. The van der Waals surface area contributed by atoms with Crippen LogP contribution in [-0.2, 0) is 83.7 Å². The first kappa shape index (κ1) is 107. The Labute approximate surface area is 150 Å². The number of rotatable bonds is 0. The summed E-state index contributed by atoms with van der Waals surface area (Å²) >= 11 is 0. The largest absolute Gasteiger partial charge is 0 e. The summed E-state index contributed by atoms with van der Waals surface area (Å²) in [6.45, 7) is 45.0. The van der Waals surface area contributed by atoms with Gasteiger partial charge in [0.1, 0.15) is 0 Å². The topological polar surface area (TPSA) is 199 Å². The Morgan fingerprint density at radius 1 is 0.227 bits per heavy atom. The van der Waals surface area contributed by atoms with E-state index >= 15 is 0 Å². The molecule has 0 atom stereocenters. The molecule has 0 heterocycles. The minimum absolute atomic E-state index is 0. The van der Waals surface area contributed by atoms with Crippen molar-refractivity contribution in [3.63, 3.8) is 0 Å². The van der Waals surface area contributed by atoms with E-state index < -0.39 is 0 Å². The quantitative estimate of drug-likeness (QED) is 0.273. The predicted octanol–water partition coefficient (Wildman–Crippen LogP) is -0.380. The second-order valence-corrected chi connectivity index (χ2v) is 0. The molecule has 0 aromatic rings. The second kappa shape index (κ2) is 3290. The van der Waals surface area contributed by atoms with Gasteiger partial charge in [0.15, 0.2) is 0 Å². The van der Waals surface area contributed by atoms with Crippen molar-refractivity contribution in [1.82, 2.24) is 0 Å². The molecule has 0 aliphatic heterocycles. The summed E-state index contributed by atoms with van der Waals surface area (Å²) in [4.78, 5) is 0. The fraction of sp³-hybridized carbons (Fsp3) is 0. The Hall–Kier alpha value is -1.43. The van der Waals surface area contributed by atoms with Gasteiger partial charge in [-0.15, -0.1) is 0 Å². The molecule has 0 unspecified atom stereocenters. The van der Waals surface area contributed by atoms with Gasteiger partial charge in [0.05, 0.1) is 0 Å². The molecule has 2 radical (unpaired) electrons. The van der Waals surface area contributed by atoms with Crippen molar-refractivity contribution in [2.24, 2.45) is 0 Å². The number of hydrogen-bond donors (Lipinski definition) is 0. The van der Waals surface area contributed by atoms with Crippen LogP contribution in [0.3, 0.4) is 0 Å². The molecule has 0 bridgehead atoms. The minimum atomic E-state index is 0. The van der Waals surface area contributed by atoms with Gasteiger partial charge in [0.25, 0.3) is 0 Å². The van der Waals surface area contributed by atoms with Crippen LogP contribution in [0.1, 0.15) is 0 Å². The fourth-order valence-corrected chi connectivity index (χ4v) is 0. The first-order valence-electron chi connectivity index (χ1n) is 2.04. The van der Waals surface area contributed by atoms with E-state index in [0.29, 0.717) is 0 Å². The van der Waals surface area contributed by atoms with E-state index in [9.17, 15) is 0 Å². The smallest absolute Gasteiger partial charge is 0 e. The molecule has 10 nitrogen and oxygen atoms in total. The van der Waals surface area contributed by atoms with E-state index in [1.54, 1.807) is 0 Å². The zero-order valence-electron chi connectivity index (χ0n) is 9.84. The Kier molecular flexibility index (Phi) is 16100. The summed E-state index contributed by atoms with van der Waals surface area (Å²) in [6, 6.07) is 0. The third kappa shape index (κ3) is 2800. The van der Waals surface area contributed by atoms with Crippen LogP contribution in [0.4, 0.5) is 0 Å². The molecular formula is C10MnO10Tc. The van der Waals surface area contributed by atoms with Gasteiger partial charge in [-0.05, 0) is 0 Å². The molecule has 12 heteroatoms. The summed E-state index contributed by atoms with van der Waals surface area (Å²) in [7, 11) is 0. The first-order valence-corrected chi connectivity index (χ1v) is 2.04. The zero-order valence-corrected chi connectivity index (χ0v) is 12.9. The third-order valence-corrected chi connectivity index (χ3v) is 0. The van der Waals surface area contributed by atoms with Crippen molar-refractivity contribution < 1.29 is 83.7 Å². The maximum atomic E-state index is 7.50. The Bertz CT molecular complexity index is 179. The fourth-order valence-electron chi connectivity index (χ4n) is 0. The Morgan fingerprint density at radius 2 is 0.227 bits per heavy atom. The molecule has 0 fully saturated rings. The van der Waals surface area contributed by atoms with Gasteiger partial charge in [-0.3, -0.25) is 0 Å². The zero-order chi connectivity index (χ0) is 20.0. The average Bonchev–Trinajstić information content (AvgIpc) is 2.71. The van der Waals surface area contributed by atoms with Crippen LogP contribution in [0.5, 0.6) is 0 Å². The van der Waals surface area contributed by atoms with Gasteiger partial charge in [-0.25, -0.2) is 0 Å². The molecule has 0 aromatic heterocycles. The van der Waals surface area contributed by atoms with Crippen molar-refractivity contribution in [2.45, 2.75) is 0 Å². The maximum absolute atomic E-state index is 7.50. The summed E-state index contributed by atoms with van der Waals surface area (Å²) < 4.78 is 75.0. The predicted molar refractivity (Wildman–Crippen MR) is 39.3 cm³/mol. The summed E-state index contributed by atoms with van der Waals surface area (Å²) in [6.07, 6.45) is 0. The molecular weight excluding hydrogens is 433 g/mol. The molecule has 0 saturated heterocycles. The van der Waals surface area contributed by atoms with Crippen LogP contribution in [0, 0.1) is 66.5 Å². The van der Waals surface area contributed by atoms with Crippen molar-refractivity contribution in [3.8, 4) is 0 Å². The van der Waals surface area contributed by atoms with E-state index in [4.69, 9.17) is 46.5 Å².